The van der Waals surface area contributed by atoms with Crippen LogP contribution in [0.1, 0.15) is 58.3 Å². The SMILES string of the molecule is CCC(=O)CCOCC(CCCCC(=O)NC)(COCCC(N)=O)COCCC(N)=O. The van der Waals surface area contributed by atoms with Crippen molar-refractivity contribution in [1.82, 2.24) is 5.32 Å². The summed E-state index contributed by atoms with van der Waals surface area (Å²) >= 11 is 0. The standard InChI is InChI=1S/C21H39N3O7/c1-3-17(25)7-11-29-14-21(15-30-12-8-18(22)26,16-31-13-9-19(23)27)10-5-4-6-20(28)24-2/h3-16H2,1-2H3,(H2,22,26)(H2,23,27)(H,24,28). The number of primary amides is 2. The van der Waals surface area contributed by atoms with E-state index in [1.54, 1.807) is 14.0 Å². The molecule has 0 aliphatic rings. The van der Waals surface area contributed by atoms with E-state index in [9.17, 15) is 19.2 Å². The van der Waals surface area contributed by atoms with Crippen molar-refractivity contribution in [1.29, 1.82) is 0 Å². The van der Waals surface area contributed by atoms with Gasteiger partial charge in [-0.3, -0.25) is 19.2 Å². The molecule has 0 aromatic carbocycles. The summed E-state index contributed by atoms with van der Waals surface area (Å²) in [5.74, 6) is -0.826. The van der Waals surface area contributed by atoms with Gasteiger partial charge in [0.2, 0.25) is 17.7 Å². The Morgan fingerprint density at radius 3 is 1.68 bits per heavy atom. The zero-order chi connectivity index (χ0) is 23.5. The van der Waals surface area contributed by atoms with Gasteiger partial charge in [0.15, 0.2) is 0 Å². The predicted molar refractivity (Wildman–Crippen MR) is 115 cm³/mol. The van der Waals surface area contributed by atoms with E-state index < -0.39 is 17.2 Å². The van der Waals surface area contributed by atoms with Crippen molar-refractivity contribution in [2.75, 3.05) is 46.7 Å². The monoisotopic (exact) mass is 445 g/mol. The number of hydrogen-bond donors (Lipinski definition) is 3. The molecule has 0 aliphatic carbocycles. The Hall–Kier alpha value is -2.04. The number of ketones is 1. The quantitative estimate of drug-likeness (QED) is 0.216. The topological polar surface area (TPSA) is 160 Å². The van der Waals surface area contributed by atoms with Crippen molar-refractivity contribution in [3.8, 4) is 0 Å². The van der Waals surface area contributed by atoms with Gasteiger partial charge in [-0.25, -0.2) is 0 Å². The number of nitrogens with one attached hydrogen (secondary N) is 1. The van der Waals surface area contributed by atoms with Gasteiger partial charge < -0.3 is 31.0 Å². The van der Waals surface area contributed by atoms with E-state index >= 15 is 0 Å². The zero-order valence-corrected chi connectivity index (χ0v) is 18.9. The molecule has 0 heterocycles. The summed E-state index contributed by atoms with van der Waals surface area (Å²) in [7, 11) is 1.59. The lowest BCUT2D eigenvalue weighted by Gasteiger charge is -2.33. The Balaban J connectivity index is 5.01. The molecule has 0 radical (unpaired) electrons. The van der Waals surface area contributed by atoms with Gasteiger partial charge in [0.05, 0.1) is 39.6 Å². The number of hydrogen-bond acceptors (Lipinski definition) is 7. The normalized spacial score (nSPS) is 11.3. The molecule has 31 heavy (non-hydrogen) atoms. The second-order valence-electron chi connectivity index (χ2n) is 7.61. The van der Waals surface area contributed by atoms with Crippen molar-refractivity contribution in [3.63, 3.8) is 0 Å². The highest BCUT2D eigenvalue weighted by Crippen LogP contribution is 2.28. The zero-order valence-electron chi connectivity index (χ0n) is 18.9. The molecule has 180 valence electrons. The molecular weight excluding hydrogens is 406 g/mol. The van der Waals surface area contributed by atoms with Gasteiger partial charge >= 0.3 is 0 Å². The molecule has 0 aromatic heterocycles. The summed E-state index contributed by atoms with van der Waals surface area (Å²) in [5.41, 5.74) is 9.77. The second-order valence-corrected chi connectivity index (χ2v) is 7.61. The highest BCUT2D eigenvalue weighted by atomic mass is 16.5. The fourth-order valence-electron chi connectivity index (χ4n) is 2.83. The highest BCUT2D eigenvalue weighted by Gasteiger charge is 2.31. The Labute approximate surface area is 184 Å². The molecule has 0 aliphatic heterocycles. The molecule has 0 aromatic rings. The van der Waals surface area contributed by atoms with Gasteiger partial charge in [0, 0.05) is 44.6 Å². The van der Waals surface area contributed by atoms with Crippen molar-refractivity contribution in [2.45, 2.75) is 58.3 Å². The molecule has 0 fully saturated rings. The Morgan fingerprint density at radius 1 is 0.774 bits per heavy atom. The summed E-state index contributed by atoms with van der Waals surface area (Å²) in [5, 5.41) is 2.59. The number of amides is 3. The number of carbonyl (C=O) groups is 4. The Kier molecular flexibility index (Phi) is 16.5. The number of nitrogens with two attached hydrogens (primary N) is 2. The van der Waals surface area contributed by atoms with Gasteiger partial charge in [-0.1, -0.05) is 13.3 Å². The van der Waals surface area contributed by atoms with Crippen LogP contribution in [0.25, 0.3) is 0 Å². The summed E-state index contributed by atoms with van der Waals surface area (Å²) in [6, 6.07) is 0. The van der Waals surface area contributed by atoms with E-state index in [1.807, 2.05) is 0 Å². The van der Waals surface area contributed by atoms with Gasteiger partial charge in [-0.15, -0.1) is 0 Å². The molecule has 0 spiro atoms. The van der Waals surface area contributed by atoms with Crippen LogP contribution in [0.4, 0.5) is 0 Å². The van der Waals surface area contributed by atoms with Crippen LogP contribution >= 0.6 is 0 Å². The summed E-state index contributed by atoms with van der Waals surface area (Å²) in [6.07, 6.45) is 3.43. The van der Waals surface area contributed by atoms with Gasteiger partial charge in [-0.2, -0.15) is 0 Å². The average Bonchev–Trinajstić information content (AvgIpc) is 2.73. The minimum Gasteiger partial charge on any atom is -0.380 e. The minimum absolute atomic E-state index is 0.0321. The first kappa shape index (κ1) is 29.0. The molecular formula is C21H39N3O7. The van der Waals surface area contributed by atoms with Crippen molar-refractivity contribution >= 4 is 23.5 Å². The maximum absolute atomic E-state index is 11.5. The van der Waals surface area contributed by atoms with E-state index in [0.717, 1.165) is 6.42 Å². The fraction of sp³-hybridized carbons (Fsp3) is 0.810. The number of carbonyl (C=O) groups excluding carboxylic acids is 4. The number of ether oxygens (including phenoxy) is 3. The molecule has 10 nitrogen and oxygen atoms in total. The van der Waals surface area contributed by atoms with Gasteiger partial charge in [0.1, 0.15) is 5.78 Å². The lowest BCUT2D eigenvalue weighted by atomic mass is 9.84. The molecule has 0 atom stereocenters. The maximum atomic E-state index is 11.5. The van der Waals surface area contributed by atoms with Crippen LogP contribution in [0, 0.1) is 5.41 Å². The number of Topliss-reactive ketones (excluding diaryl/α,β-unsaturated/α-hetero) is 1. The lowest BCUT2D eigenvalue weighted by Crippen LogP contribution is -2.38. The van der Waals surface area contributed by atoms with E-state index in [4.69, 9.17) is 25.7 Å². The number of rotatable bonds is 21. The molecule has 0 saturated heterocycles. The summed E-state index contributed by atoms with van der Waals surface area (Å²) < 4.78 is 17.2. The Morgan fingerprint density at radius 2 is 1.26 bits per heavy atom. The third-order valence-electron chi connectivity index (χ3n) is 4.77. The first-order valence-corrected chi connectivity index (χ1v) is 10.8. The molecule has 10 heteroatoms. The van der Waals surface area contributed by atoms with Crippen LogP contribution in [-0.2, 0) is 33.4 Å². The van der Waals surface area contributed by atoms with Gasteiger partial charge in [0.25, 0.3) is 0 Å². The summed E-state index contributed by atoms with van der Waals surface area (Å²) in [6.45, 7) is 3.21. The third kappa shape index (κ3) is 16.3. The second kappa shape index (κ2) is 17.6. The van der Waals surface area contributed by atoms with E-state index in [-0.39, 0.29) is 64.2 Å². The fourth-order valence-corrected chi connectivity index (χ4v) is 2.83. The van der Waals surface area contributed by atoms with Crippen LogP contribution < -0.4 is 16.8 Å². The molecule has 5 N–H and O–H groups in total. The van der Waals surface area contributed by atoms with E-state index in [0.29, 0.717) is 32.1 Å². The first-order valence-electron chi connectivity index (χ1n) is 10.8. The highest BCUT2D eigenvalue weighted by molar-refractivity contribution is 5.78. The van der Waals surface area contributed by atoms with Crippen molar-refractivity contribution < 1.29 is 33.4 Å². The summed E-state index contributed by atoms with van der Waals surface area (Å²) in [4.78, 5) is 45.0. The third-order valence-corrected chi connectivity index (χ3v) is 4.77. The van der Waals surface area contributed by atoms with Crippen LogP contribution in [0.2, 0.25) is 0 Å². The number of unbranched alkanes of at least 4 members (excludes halogenated alkanes) is 1. The first-order chi connectivity index (χ1) is 14.7. The lowest BCUT2D eigenvalue weighted by molar-refractivity contribution is -0.122. The van der Waals surface area contributed by atoms with Crippen LogP contribution in [0.15, 0.2) is 0 Å². The van der Waals surface area contributed by atoms with Crippen LogP contribution in [-0.4, -0.2) is 70.2 Å². The largest absolute Gasteiger partial charge is 0.380 e. The van der Waals surface area contributed by atoms with Crippen molar-refractivity contribution in [2.24, 2.45) is 16.9 Å². The Bertz CT molecular complexity index is 507. The minimum atomic E-state index is -0.562. The molecule has 0 rings (SSSR count). The molecule has 0 unspecified atom stereocenters. The molecule has 0 saturated carbocycles. The maximum Gasteiger partial charge on any atom is 0.219 e. The van der Waals surface area contributed by atoms with Crippen LogP contribution in [0.3, 0.4) is 0 Å². The van der Waals surface area contributed by atoms with Gasteiger partial charge in [-0.05, 0) is 12.8 Å². The van der Waals surface area contributed by atoms with E-state index in [1.165, 1.54) is 0 Å². The van der Waals surface area contributed by atoms with Crippen LogP contribution in [0.5, 0.6) is 0 Å². The van der Waals surface area contributed by atoms with Crippen molar-refractivity contribution in [3.05, 3.63) is 0 Å². The molecule has 0 bridgehead atoms. The average molecular weight is 446 g/mol. The smallest absolute Gasteiger partial charge is 0.219 e. The van der Waals surface area contributed by atoms with E-state index in [2.05, 4.69) is 5.32 Å². The predicted octanol–water partition coefficient (Wildman–Crippen LogP) is 0.449. The molecule has 3 amide bonds.